The molecule has 0 spiro atoms. The largest absolute Gasteiger partial charge is 0.490 e. The molecule has 1 aromatic rings. The predicted octanol–water partition coefficient (Wildman–Crippen LogP) is 1.95. The molecule has 0 aromatic heterocycles. The van der Waals surface area contributed by atoms with Crippen LogP contribution in [-0.4, -0.2) is 31.4 Å². The number of carbonyl (C=O) groups excluding carboxylic acids is 2. The smallest absolute Gasteiger partial charge is 0.261 e. The van der Waals surface area contributed by atoms with Gasteiger partial charge in [0.2, 0.25) is 0 Å². The minimum absolute atomic E-state index is 0.0931. The van der Waals surface area contributed by atoms with E-state index in [0.717, 1.165) is 19.1 Å². The van der Waals surface area contributed by atoms with E-state index in [1.54, 1.807) is 18.2 Å². The lowest BCUT2D eigenvalue weighted by Crippen LogP contribution is -2.36. The van der Waals surface area contributed by atoms with Gasteiger partial charge in [-0.1, -0.05) is 0 Å². The molecule has 0 radical (unpaired) electrons. The number of benzene rings is 1. The van der Waals surface area contributed by atoms with Crippen LogP contribution in [0, 0.1) is 0 Å². The fourth-order valence-corrected chi connectivity index (χ4v) is 2.14. The van der Waals surface area contributed by atoms with E-state index in [9.17, 15) is 9.59 Å². The van der Waals surface area contributed by atoms with E-state index in [1.807, 2.05) is 6.92 Å². The van der Waals surface area contributed by atoms with Gasteiger partial charge in [0.05, 0.1) is 6.61 Å². The third kappa shape index (κ3) is 3.50. The van der Waals surface area contributed by atoms with Crippen molar-refractivity contribution < 1.29 is 19.1 Å². The van der Waals surface area contributed by atoms with Crippen LogP contribution in [0.4, 0.5) is 0 Å². The van der Waals surface area contributed by atoms with Crippen LogP contribution in [0.3, 0.4) is 0 Å². The first-order valence-corrected chi connectivity index (χ1v) is 6.91. The molecule has 1 aliphatic rings. The van der Waals surface area contributed by atoms with Crippen LogP contribution in [0.5, 0.6) is 11.5 Å². The summed E-state index contributed by atoms with van der Waals surface area (Å²) in [7, 11) is 0. The Bertz CT molecular complexity index is 487. The minimum atomic E-state index is -0.501. The molecule has 1 fully saturated rings. The molecule has 108 valence electrons. The van der Waals surface area contributed by atoms with Gasteiger partial charge in [0.15, 0.2) is 17.6 Å². The van der Waals surface area contributed by atoms with Gasteiger partial charge in [0.1, 0.15) is 6.29 Å². The van der Waals surface area contributed by atoms with Crippen LogP contribution >= 0.6 is 0 Å². The van der Waals surface area contributed by atoms with E-state index in [4.69, 9.17) is 9.47 Å². The Hall–Kier alpha value is -2.04. The quantitative estimate of drug-likeness (QED) is 0.835. The number of hydrogen-bond acceptors (Lipinski definition) is 4. The molecule has 1 atom stereocenters. The summed E-state index contributed by atoms with van der Waals surface area (Å²) in [4.78, 5) is 22.7. The Kier molecular flexibility index (Phi) is 4.98. The Morgan fingerprint density at radius 3 is 2.95 bits per heavy atom. The van der Waals surface area contributed by atoms with Crippen molar-refractivity contribution in [3.8, 4) is 11.5 Å². The molecule has 2 rings (SSSR count). The van der Waals surface area contributed by atoms with Crippen molar-refractivity contribution in [2.75, 3.05) is 13.2 Å². The molecular formula is C15H19NO4. The zero-order chi connectivity index (χ0) is 14.4. The number of aldehydes is 1. The van der Waals surface area contributed by atoms with E-state index in [-0.39, 0.29) is 5.91 Å². The van der Waals surface area contributed by atoms with E-state index >= 15 is 0 Å². The third-order valence-electron chi connectivity index (χ3n) is 3.16. The predicted molar refractivity (Wildman–Crippen MR) is 74.3 cm³/mol. The monoisotopic (exact) mass is 277 g/mol. The molecule has 0 aliphatic carbocycles. The lowest BCUT2D eigenvalue weighted by Gasteiger charge is -2.18. The van der Waals surface area contributed by atoms with Crippen LogP contribution in [0.1, 0.15) is 36.5 Å². The van der Waals surface area contributed by atoms with Gasteiger partial charge < -0.3 is 14.8 Å². The van der Waals surface area contributed by atoms with Crippen LogP contribution < -0.4 is 14.8 Å². The number of carbonyl (C=O) groups is 2. The van der Waals surface area contributed by atoms with E-state index in [1.165, 1.54) is 0 Å². The number of amides is 1. The lowest BCUT2D eigenvalue weighted by atomic mass is 10.1. The maximum atomic E-state index is 11.9. The van der Waals surface area contributed by atoms with Gasteiger partial charge in [-0.25, -0.2) is 0 Å². The second kappa shape index (κ2) is 6.93. The average Bonchev–Trinajstić information content (AvgIpc) is 2.66. The molecule has 1 aliphatic heterocycles. The first-order chi connectivity index (χ1) is 9.74. The summed E-state index contributed by atoms with van der Waals surface area (Å²) < 4.78 is 11.2. The summed E-state index contributed by atoms with van der Waals surface area (Å²) in [5.41, 5.74) is 0.520. The Labute approximate surface area is 118 Å². The van der Waals surface area contributed by atoms with Gasteiger partial charge in [-0.2, -0.15) is 0 Å². The van der Waals surface area contributed by atoms with Crippen LogP contribution in [0.25, 0.3) is 0 Å². The second-order valence-electron chi connectivity index (χ2n) is 4.65. The highest BCUT2D eigenvalue weighted by atomic mass is 16.5. The Morgan fingerprint density at radius 1 is 1.35 bits per heavy atom. The van der Waals surface area contributed by atoms with Crippen molar-refractivity contribution in [1.82, 2.24) is 5.32 Å². The number of nitrogens with one attached hydrogen (secondary N) is 1. The third-order valence-corrected chi connectivity index (χ3v) is 3.16. The van der Waals surface area contributed by atoms with E-state index in [0.29, 0.717) is 36.6 Å². The molecule has 1 heterocycles. The molecule has 20 heavy (non-hydrogen) atoms. The molecule has 0 bridgehead atoms. The molecule has 5 nitrogen and oxygen atoms in total. The highest BCUT2D eigenvalue weighted by molar-refractivity contribution is 5.81. The molecule has 0 saturated carbocycles. The fraction of sp³-hybridized carbons (Fsp3) is 0.467. The van der Waals surface area contributed by atoms with Gasteiger partial charge >= 0.3 is 0 Å². The molecular weight excluding hydrogens is 258 g/mol. The topological polar surface area (TPSA) is 64.6 Å². The lowest BCUT2D eigenvalue weighted by molar-refractivity contribution is -0.127. The zero-order valence-corrected chi connectivity index (χ0v) is 11.6. The first kappa shape index (κ1) is 14.4. The molecule has 1 saturated heterocycles. The van der Waals surface area contributed by atoms with E-state index in [2.05, 4.69) is 5.32 Å². The minimum Gasteiger partial charge on any atom is -0.490 e. The molecule has 5 heteroatoms. The summed E-state index contributed by atoms with van der Waals surface area (Å²) in [6.07, 6.45) is 2.85. The molecule has 1 unspecified atom stereocenters. The molecule has 1 N–H and O–H groups in total. The van der Waals surface area contributed by atoms with Gasteiger partial charge in [0.25, 0.3) is 5.91 Å². The van der Waals surface area contributed by atoms with Crippen LogP contribution in [-0.2, 0) is 4.79 Å². The second-order valence-corrected chi connectivity index (χ2v) is 4.65. The zero-order valence-electron chi connectivity index (χ0n) is 11.6. The normalized spacial score (nSPS) is 18.9. The van der Waals surface area contributed by atoms with Crippen molar-refractivity contribution in [3.05, 3.63) is 23.8 Å². The van der Waals surface area contributed by atoms with Crippen molar-refractivity contribution in [1.29, 1.82) is 0 Å². The van der Waals surface area contributed by atoms with Gasteiger partial charge in [-0.15, -0.1) is 0 Å². The van der Waals surface area contributed by atoms with Gasteiger partial charge in [-0.05, 0) is 44.4 Å². The SMILES string of the molecule is CCOc1cc(C=O)ccc1OC1CCCCNC1=O. The van der Waals surface area contributed by atoms with Crippen molar-refractivity contribution in [3.63, 3.8) is 0 Å². The first-order valence-electron chi connectivity index (χ1n) is 6.91. The summed E-state index contributed by atoms with van der Waals surface area (Å²) in [5.74, 6) is 0.901. The van der Waals surface area contributed by atoms with Crippen molar-refractivity contribution >= 4 is 12.2 Å². The molecule has 1 aromatic carbocycles. The fourth-order valence-electron chi connectivity index (χ4n) is 2.14. The standard InChI is InChI=1S/C15H19NO4/c1-2-19-14-9-11(10-17)6-7-12(14)20-13-5-3-4-8-16-15(13)18/h6-7,9-10,13H,2-5,8H2,1H3,(H,16,18). The van der Waals surface area contributed by atoms with Gasteiger partial charge in [0, 0.05) is 12.1 Å². The number of hydrogen-bond donors (Lipinski definition) is 1. The summed E-state index contributed by atoms with van der Waals surface area (Å²) in [5, 5.41) is 2.83. The highest BCUT2D eigenvalue weighted by Crippen LogP contribution is 2.30. The number of ether oxygens (including phenoxy) is 2. The summed E-state index contributed by atoms with van der Waals surface area (Å²) in [6.45, 7) is 3.02. The summed E-state index contributed by atoms with van der Waals surface area (Å²) >= 11 is 0. The highest BCUT2D eigenvalue weighted by Gasteiger charge is 2.23. The molecule has 1 amide bonds. The van der Waals surface area contributed by atoms with E-state index < -0.39 is 6.10 Å². The Balaban J connectivity index is 2.18. The van der Waals surface area contributed by atoms with Crippen LogP contribution in [0.15, 0.2) is 18.2 Å². The van der Waals surface area contributed by atoms with Crippen molar-refractivity contribution in [2.24, 2.45) is 0 Å². The number of rotatable bonds is 5. The maximum Gasteiger partial charge on any atom is 0.261 e. The van der Waals surface area contributed by atoms with Gasteiger partial charge in [-0.3, -0.25) is 9.59 Å². The average molecular weight is 277 g/mol. The summed E-state index contributed by atoms with van der Waals surface area (Å²) in [6, 6.07) is 4.95. The Morgan fingerprint density at radius 2 is 2.20 bits per heavy atom. The van der Waals surface area contributed by atoms with Crippen LogP contribution in [0.2, 0.25) is 0 Å². The van der Waals surface area contributed by atoms with Crippen molar-refractivity contribution in [2.45, 2.75) is 32.3 Å². The maximum absolute atomic E-state index is 11.9.